The summed E-state index contributed by atoms with van der Waals surface area (Å²) in [4.78, 5) is 12.1. The minimum Gasteiger partial charge on any atom is -0.483 e. The van der Waals surface area contributed by atoms with Crippen molar-refractivity contribution in [3.63, 3.8) is 0 Å². The number of fused-ring (bicyclic) bond motifs is 1. The number of hydrogen-bond acceptors (Lipinski definition) is 2. The molecular formula is C18H18BrNO2. The molecule has 0 bridgehead atoms. The van der Waals surface area contributed by atoms with E-state index >= 15 is 0 Å². The fourth-order valence-electron chi connectivity index (χ4n) is 2.81. The lowest BCUT2D eigenvalue weighted by atomic mass is 10.1. The second-order valence-corrected chi connectivity index (χ2v) is 6.43. The van der Waals surface area contributed by atoms with Crippen LogP contribution in [0.25, 0.3) is 0 Å². The number of rotatable bonds is 4. The molecule has 0 fully saturated rings. The van der Waals surface area contributed by atoms with E-state index < -0.39 is 0 Å². The Morgan fingerprint density at radius 3 is 2.95 bits per heavy atom. The standard InChI is InChI=1S/C18H18BrNO2/c1-12-6-9-17(15(19)10-12)22-11-18(21)20-16-8-7-13-4-2-3-5-14(13)16/h2-6,9-10,16H,7-8,11H2,1H3,(H,20,21). The second kappa shape index (κ2) is 6.53. The van der Waals surface area contributed by atoms with E-state index in [1.807, 2.05) is 37.3 Å². The lowest BCUT2D eigenvalue weighted by Gasteiger charge is -2.15. The first-order chi connectivity index (χ1) is 10.6. The first kappa shape index (κ1) is 15.1. The van der Waals surface area contributed by atoms with Crippen molar-refractivity contribution < 1.29 is 9.53 Å². The Kier molecular flexibility index (Phi) is 4.48. The number of amides is 1. The summed E-state index contributed by atoms with van der Waals surface area (Å²) >= 11 is 3.45. The quantitative estimate of drug-likeness (QED) is 0.897. The molecule has 1 N–H and O–H groups in total. The van der Waals surface area contributed by atoms with Crippen LogP contribution in [0.2, 0.25) is 0 Å². The van der Waals surface area contributed by atoms with Crippen molar-refractivity contribution in [3.05, 3.63) is 63.6 Å². The zero-order valence-corrected chi connectivity index (χ0v) is 14.0. The van der Waals surface area contributed by atoms with E-state index in [2.05, 4.69) is 33.4 Å². The molecule has 2 aromatic carbocycles. The highest BCUT2D eigenvalue weighted by Gasteiger charge is 2.23. The van der Waals surface area contributed by atoms with Gasteiger partial charge in [-0.3, -0.25) is 4.79 Å². The Balaban J connectivity index is 1.57. The summed E-state index contributed by atoms with van der Waals surface area (Å²) in [6, 6.07) is 14.2. The first-order valence-corrected chi connectivity index (χ1v) is 8.19. The van der Waals surface area contributed by atoms with Crippen molar-refractivity contribution in [3.8, 4) is 5.75 Å². The molecule has 1 unspecified atom stereocenters. The molecule has 114 valence electrons. The van der Waals surface area contributed by atoms with Crippen LogP contribution in [0.5, 0.6) is 5.75 Å². The highest BCUT2D eigenvalue weighted by atomic mass is 79.9. The van der Waals surface area contributed by atoms with Crippen molar-refractivity contribution >= 4 is 21.8 Å². The summed E-state index contributed by atoms with van der Waals surface area (Å²) in [7, 11) is 0. The van der Waals surface area contributed by atoms with Crippen molar-refractivity contribution in [1.82, 2.24) is 5.32 Å². The minimum atomic E-state index is -0.0887. The maximum atomic E-state index is 12.1. The van der Waals surface area contributed by atoms with E-state index in [1.54, 1.807) is 0 Å². The molecule has 1 amide bonds. The smallest absolute Gasteiger partial charge is 0.258 e. The van der Waals surface area contributed by atoms with Gasteiger partial charge in [0.25, 0.3) is 5.91 Å². The predicted molar refractivity (Wildman–Crippen MR) is 90.0 cm³/mol. The molecule has 0 radical (unpaired) electrons. The molecule has 3 nitrogen and oxygen atoms in total. The van der Waals surface area contributed by atoms with Crippen molar-refractivity contribution in [2.75, 3.05) is 6.61 Å². The predicted octanol–water partition coefficient (Wildman–Crippen LogP) is 3.94. The minimum absolute atomic E-state index is 0.0281. The van der Waals surface area contributed by atoms with Gasteiger partial charge in [-0.2, -0.15) is 0 Å². The van der Waals surface area contributed by atoms with Gasteiger partial charge in [0.05, 0.1) is 10.5 Å². The van der Waals surface area contributed by atoms with Crippen LogP contribution in [-0.2, 0) is 11.2 Å². The van der Waals surface area contributed by atoms with Crippen LogP contribution in [0.15, 0.2) is 46.9 Å². The SMILES string of the molecule is Cc1ccc(OCC(=O)NC2CCc3ccccc32)c(Br)c1. The van der Waals surface area contributed by atoms with Gasteiger partial charge in [0.2, 0.25) is 0 Å². The lowest BCUT2D eigenvalue weighted by molar-refractivity contribution is -0.123. The average Bonchev–Trinajstić information content (AvgIpc) is 2.90. The van der Waals surface area contributed by atoms with E-state index in [4.69, 9.17) is 4.74 Å². The molecule has 22 heavy (non-hydrogen) atoms. The summed E-state index contributed by atoms with van der Waals surface area (Å²) < 4.78 is 6.46. The fourth-order valence-corrected chi connectivity index (χ4v) is 3.42. The number of halogens is 1. The summed E-state index contributed by atoms with van der Waals surface area (Å²) in [5.41, 5.74) is 3.70. The molecule has 0 saturated heterocycles. The number of benzene rings is 2. The molecule has 1 atom stereocenters. The van der Waals surface area contributed by atoms with Gasteiger partial charge < -0.3 is 10.1 Å². The van der Waals surface area contributed by atoms with Crippen LogP contribution < -0.4 is 10.1 Å². The Labute approximate surface area is 138 Å². The Hall–Kier alpha value is -1.81. The number of hydrogen-bond donors (Lipinski definition) is 1. The van der Waals surface area contributed by atoms with E-state index in [9.17, 15) is 4.79 Å². The highest BCUT2D eigenvalue weighted by molar-refractivity contribution is 9.10. The third kappa shape index (κ3) is 3.33. The van der Waals surface area contributed by atoms with Gasteiger partial charge in [0.1, 0.15) is 5.75 Å². The van der Waals surface area contributed by atoms with Crippen LogP contribution in [0.1, 0.15) is 29.2 Å². The molecule has 1 aliphatic rings. The molecule has 0 spiro atoms. The third-order valence-electron chi connectivity index (χ3n) is 3.91. The largest absolute Gasteiger partial charge is 0.483 e. The molecule has 0 aliphatic heterocycles. The van der Waals surface area contributed by atoms with Crippen LogP contribution in [0.4, 0.5) is 0 Å². The van der Waals surface area contributed by atoms with E-state index in [-0.39, 0.29) is 18.6 Å². The average molecular weight is 360 g/mol. The van der Waals surface area contributed by atoms with Crippen LogP contribution in [-0.4, -0.2) is 12.5 Å². The Bertz CT molecular complexity index is 699. The monoisotopic (exact) mass is 359 g/mol. The van der Waals surface area contributed by atoms with E-state index in [0.29, 0.717) is 5.75 Å². The number of ether oxygens (including phenoxy) is 1. The van der Waals surface area contributed by atoms with Gasteiger partial charge in [0, 0.05) is 0 Å². The Morgan fingerprint density at radius 2 is 2.14 bits per heavy atom. The summed E-state index contributed by atoms with van der Waals surface area (Å²) in [5.74, 6) is 0.599. The van der Waals surface area contributed by atoms with Gasteiger partial charge in [-0.1, -0.05) is 30.3 Å². The van der Waals surface area contributed by atoms with Crippen LogP contribution >= 0.6 is 15.9 Å². The third-order valence-corrected chi connectivity index (χ3v) is 4.53. The van der Waals surface area contributed by atoms with E-state index in [1.165, 1.54) is 11.1 Å². The van der Waals surface area contributed by atoms with Gasteiger partial charge >= 0.3 is 0 Å². The number of aryl methyl sites for hydroxylation is 2. The highest BCUT2D eigenvalue weighted by Crippen LogP contribution is 2.30. The molecule has 3 rings (SSSR count). The van der Waals surface area contributed by atoms with Gasteiger partial charge in [-0.25, -0.2) is 0 Å². The molecule has 0 heterocycles. The molecule has 1 aliphatic carbocycles. The molecule has 2 aromatic rings. The molecule has 0 aromatic heterocycles. The molecule has 0 saturated carbocycles. The summed E-state index contributed by atoms with van der Waals surface area (Å²) in [5, 5.41) is 3.06. The fraction of sp³-hybridized carbons (Fsp3) is 0.278. The normalized spacial score (nSPS) is 16.2. The summed E-state index contributed by atoms with van der Waals surface area (Å²) in [6.07, 6.45) is 1.98. The van der Waals surface area contributed by atoms with Crippen LogP contribution in [0.3, 0.4) is 0 Å². The van der Waals surface area contributed by atoms with E-state index in [0.717, 1.165) is 22.9 Å². The van der Waals surface area contributed by atoms with Crippen molar-refractivity contribution in [1.29, 1.82) is 0 Å². The Morgan fingerprint density at radius 1 is 1.32 bits per heavy atom. The van der Waals surface area contributed by atoms with Gasteiger partial charge in [-0.15, -0.1) is 0 Å². The van der Waals surface area contributed by atoms with Gasteiger partial charge in [-0.05, 0) is 64.5 Å². The lowest BCUT2D eigenvalue weighted by Crippen LogP contribution is -2.31. The molecular weight excluding hydrogens is 342 g/mol. The number of nitrogens with one attached hydrogen (secondary N) is 1. The second-order valence-electron chi connectivity index (χ2n) is 5.58. The van der Waals surface area contributed by atoms with Crippen molar-refractivity contribution in [2.45, 2.75) is 25.8 Å². The first-order valence-electron chi connectivity index (χ1n) is 7.39. The zero-order valence-electron chi connectivity index (χ0n) is 12.4. The van der Waals surface area contributed by atoms with Crippen molar-refractivity contribution in [2.24, 2.45) is 0 Å². The molecule has 4 heteroatoms. The van der Waals surface area contributed by atoms with Crippen LogP contribution in [0, 0.1) is 6.92 Å². The number of carbonyl (C=O) groups excluding carboxylic acids is 1. The summed E-state index contributed by atoms with van der Waals surface area (Å²) in [6.45, 7) is 2.04. The maximum absolute atomic E-state index is 12.1. The maximum Gasteiger partial charge on any atom is 0.258 e. The topological polar surface area (TPSA) is 38.3 Å². The number of carbonyl (C=O) groups is 1. The van der Waals surface area contributed by atoms with Gasteiger partial charge in [0.15, 0.2) is 6.61 Å². The zero-order chi connectivity index (χ0) is 15.5.